The van der Waals surface area contributed by atoms with Gasteiger partial charge in [0.25, 0.3) is 0 Å². The Labute approximate surface area is 127 Å². The molecule has 1 amide bonds. The van der Waals surface area contributed by atoms with E-state index in [4.69, 9.17) is 14.2 Å². The van der Waals surface area contributed by atoms with Gasteiger partial charge in [0.1, 0.15) is 0 Å². The molecule has 2 aliphatic heterocycles. The highest BCUT2D eigenvalue weighted by molar-refractivity contribution is 5.89. The summed E-state index contributed by atoms with van der Waals surface area (Å²) in [4.78, 5) is 47.3. The van der Waals surface area contributed by atoms with Crippen molar-refractivity contribution < 1.29 is 33.4 Å². The summed E-state index contributed by atoms with van der Waals surface area (Å²) in [5.41, 5.74) is 0. The maximum atomic E-state index is 12.1. The lowest BCUT2D eigenvalue weighted by Crippen LogP contribution is -2.46. The standard InChI is InChI=1S/C14H17NO7/c1-7(16)20-12-10-5-4-6-11(19)15(10)14(22-9(3)18)13(12)21-8(2)17/h4,6,10,12-14H,5H2,1-3H3. The van der Waals surface area contributed by atoms with Crippen molar-refractivity contribution in [1.82, 2.24) is 4.90 Å². The Kier molecular flexibility index (Phi) is 4.48. The molecule has 8 nitrogen and oxygen atoms in total. The van der Waals surface area contributed by atoms with Gasteiger partial charge in [0.2, 0.25) is 12.1 Å². The van der Waals surface area contributed by atoms with Crippen LogP contribution in [0.4, 0.5) is 0 Å². The molecule has 0 spiro atoms. The van der Waals surface area contributed by atoms with E-state index in [-0.39, 0.29) is 0 Å². The van der Waals surface area contributed by atoms with Crippen LogP contribution in [0, 0.1) is 0 Å². The molecule has 2 aliphatic rings. The second kappa shape index (κ2) is 6.17. The van der Waals surface area contributed by atoms with Crippen LogP contribution in [0.15, 0.2) is 12.2 Å². The van der Waals surface area contributed by atoms with Crippen LogP contribution in [0.1, 0.15) is 27.2 Å². The molecule has 1 saturated heterocycles. The van der Waals surface area contributed by atoms with Crippen molar-refractivity contribution in [2.75, 3.05) is 0 Å². The lowest BCUT2D eigenvalue weighted by molar-refractivity contribution is -0.181. The van der Waals surface area contributed by atoms with Crippen LogP contribution in [0.2, 0.25) is 0 Å². The Morgan fingerprint density at radius 2 is 1.55 bits per heavy atom. The SMILES string of the molecule is CC(=O)OC1C(OC(C)=O)C(OC(C)=O)N2C(=O)C=CCC12. The molecule has 8 heteroatoms. The fourth-order valence-corrected chi connectivity index (χ4v) is 2.77. The maximum absolute atomic E-state index is 12.1. The summed E-state index contributed by atoms with van der Waals surface area (Å²) in [6.07, 6.45) is 0.320. The van der Waals surface area contributed by atoms with Gasteiger partial charge >= 0.3 is 17.9 Å². The number of hydrogen-bond acceptors (Lipinski definition) is 7. The summed E-state index contributed by atoms with van der Waals surface area (Å²) >= 11 is 0. The van der Waals surface area contributed by atoms with Gasteiger partial charge in [-0.1, -0.05) is 6.08 Å². The molecule has 2 heterocycles. The Hall–Kier alpha value is -2.38. The molecule has 2 rings (SSSR count). The summed E-state index contributed by atoms with van der Waals surface area (Å²) in [6.45, 7) is 3.59. The van der Waals surface area contributed by atoms with E-state index in [2.05, 4.69) is 0 Å². The molecule has 0 radical (unpaired) electrons. The number of nitrogens with zero attached hydrogens (tertiary/aromatic N) is 1. The van der Waals surface area contributed by atoms with Crippen LogP contribution in [-0.2, 0) is 33.4 Å². The van der Waals surface area contributed by atoms with Gasteiger partial charge in [0.05, 0.1) is 6.04 Å². The molecule has 0 aliphatic carbocycles. The van der Waals surface area contributed by atoms with E-state index in [1.54, 1.807) is 6.08 Å². The number of ether oxygens (including phenoxy) is 3. The maximum Gasteiger partial charge on any atom is 0.304 e. The van der Waals surface area contributed by atoms with Crippen LogP contribution in [0.5, 0.6) is 0 Å². The molecule has 0 aromatic carbocycles. The van der Waals surface area contributed by atoms with Crippen molar-refractivity contribution in [3.63, 3.8) is 0 Å². The summed E-state index contributed by atoms with van der Waals surface area (Å²) in [6, 6.07) is -0.546. The predicted molar refractivity (Wildman–Crippen MR) is 71.1 cm³/mol. The van der Waals surface area contributed by atoms with Crippen molar-refractivity contribution >= 4 is 23.8 Å². The van der Waals surface area contributed by atoms with E-state index >= 15 is 0 Å². The predicted octanol–water partition coefficient (Wildman–Crippen LogP) is -0.0903. The summed E-state index contributed by atoms with van der Waals surface area (Å²) in [7, 11) is 0. The molecule has 0 N–H and O–H groups in total. The van der Waals surface area contributed by atoms with Crippen molar-refractivity contribution in [1.29, 1.82) is 0 Å². The fourth-order valence-electron chi connectivity index (χ4n) is 2.77. The molecule has 0 saturated carbocycles. The van der Waals surface area contributed by atoms with Gasteiger partial charge in [0.15, 0.2) is 12.2 Å². The molecule has 0 aromatic rings. The van der Waals surface area contributed by atoms with Crippen LogP contribution >= 0.6 is 0 Å². The first-order valence-corrected chi connectivity index (χ1v) is 6.81. The molecule has 120 valence electrons. The first-order valence-electron chi connectivity index (χ1n) is 6.81. The number of rotatable bonds is 3. The average molecular weight is 311 g/mol. The van der Waals surface area contributed by atoms with E-state index < -0.39 is 48.3 Å². The number of carbonyl (C=O) groups excluding carboxylic acids is 4. The molecule has 1 fully saturated rings. The number of amides is 1. The Bertz CT molecular complexity index is 541. The number of fused-ring (bicyclic) bond motifs is 1. The minimum Gasteiger partial charge on any atom is -0.456 e. The minimum atomic E-state index is -1.12. The highest BCUT2D eigenvalue weighted by atomic mass is 16.6. The molecule has 0 aromatic heterocycles. The normalized spacial score (nSPS) is 29.8. The molecule has 0 bridgehead atoms. The average Bonchev–Trinajstić information content (AvgIpc) is 2.64. The van der Waals surface area contributed by atoms with Gasteiger partial charge < -0.3 is 14.2 Å². The first kappa shape index (κ1) is 16.0. The largest absolute Gasteiger partial charge is 0.456 e. The molecular formula is C14H17NO7. The third-order valence-corrected chi connectivity index (χ3v) is 3.40. The van der Waals surface area contributed by atoms with Gasteiger partial charge in [-0.2, -0.15) is 0 Å². The lowest BCUT2D eigenvalue weighted by atomic mass is 10.0. The highest BCUT2D eigenvalue weighted by Gasteiger charge is 2.56. The van der Waals surface area contributed by atoms with Crippen molar-refractivity contribution in [2.45, 2.75) is 51.7 Å². The second-order valence-electron chi connectivity index (χ2n) is 5.10. The zero-order valence-corrected chi connectivity index (χ0v) is 12.5. The van der Waals surface area contributed by atoms with E-state index in [1.807, 2.05) is 0 Å². The van der Waals surface area contributed by atoms with Gasteiger partial charge in [-0.25, -0.2) is 0 Å². The van der Waals surface area contributed by atoms with Crippen LogP contribution in [0.25, 0.3) is 0 Å². The Morgan fingerprint density at radius 1 is 1.00 bits per heavy atom. The summed E-state index contributed by atoms with van der Waals surface area (Å²) in [5.74, 6) is -2.23. The highest BCUT2D eigenvalue weighted by Crippen LogP contribution is 2.35. The quantitative estimate of drug-likeness (QED) is 0.530. The minimum absolute atomic E-state index is 0.394. The molecule has 4 atom stereocenters. The van der Waals surface area contributed by atoms with E-state index in [1.165, 1.54) is 31.7 Å². The van der Waals surface area contributed by atoms with Gasteiger partial charge in [-0.3, -0.25) is 24.1 Å². The molecular weight excluding hydrogens is 294 g/mol. The number of esters is 3. The zero-order chi connectivity index (χ0) is 16.4. The fraction of sp³-hybridized carbons (Fsp3) is 0.571. The Morgan fingerprint density at radius 3 is 2.09 bits per heavy atom. The second-order valence-corrected chi connectivity index (χ2v) is 5.10. The smallest absolute Gasteiger partial charge is 0.304 e. The third kappa shape index (κ3) is 3.10. The van der Waals surface area contributed by atoms with Crippen LogP contribution < -0.4 is 0 Å². The van der Waals surface area contributed by atoms with E-state index in [0.717, 1.165) is 0 Å². The van der Waals surface area contributed by atoms with E-state index in [9.17, 15) is 19.2 Å². The lowest BCUT2D eigenvalue weighted by Gasteiger charge is -2.30. The van der Waals surface area contributed by atoms with Crippen LogP contribution in [0.3, 0.4) is 0 Å². The van der Waals surface area contributed by atoms with E-state index in [0.29, 0.717) is 6.42 Å². The molecule has 4 unspecified atom stereocenters. The van der Waals surface area contributed by atoms with Gasteiger partial charge in [-0.05, 0) is 12.5 Å². The number of hydrogen-bond donors (Lipinski definition) is 0. The monoisotopic (exact) mass is 311 g/mol. The topological polar surface area (TPSA) is 99.2 Å². The third-order valence-electron chi connectivity index (χ3n) is 3.40. The summed E-state index contributed by atoms with van der Waals surface area (Å²) in [5, 5.41) is 0. The van der Waals surface area contributed by atoms with Crippen molar-refractivity contribution in [3.05, 3.63) is 12.2 Å². The van der Waals surface area contributed by atoms with Gasteiger partial charge in [-0.15, -0.1) is 0 Å². The Balaban J connectivity index is 2.38. The summed E-state index contributed by atoms with van der Waals surface area (Å²) < 4.78 is 15.5. The zero-order valence-electron chi connectivity index (χ0n) is 12.5. The van der Waals surface area contributed by atoms with Crippen LogP contribution in [-0.4, -0.2) is 53.2 Å². The first-order chi connectivity index (χ1) is 10.3. The van der Waals surface area contributed by atoms with Crippen molar-refractivity contribution in [2.24, 2.45) is 0 Å². The molecule has 22 heavy (non-hydrogen) atoms. The van der Waals surface area contributed by atoms with Gasteiger partial charge in [0, 0.05) is 20.8 Å². The van der Waals surface area contributed by atoms with Crippen molar-refractivity contribution in [3.8, 4) is 0 Å². The number of carbonyl (C=O) groups is 4.